The lowest BCUT2D eigenvalue weighted by Crippen LogP contribution is -2.46. The van der Waals surface area contributed by atoms with Crippen molar-refractivity contribution >= 4 is 0 Å². The van der Waals surface area contributed by atoms with Gasteiger partial charge in [0.15, 0.2) is 0 Å². The van der Waals surface area contributed by atoms with Crippen molar-refractivity contribution in [2.45, 2.75) is 71.1 Å². The zero-order valence-electron chi connectivity index (χ0n) is 14.2. The van der Waals surface area contributed by atoms with Crippen LogP contribution < -0.4 is 0 Å². The second kappa shape index (κ2) is 5.42. The Morgan fingerprint density at radius 1 is 1.09 bits per heavy atom. The molecule has 0 saturated heterocycles. The molecule has 0 radical (unpaired) electrons. The molecule has 4 rings (SSSR count). The molecule has 0 amide bonds. The van der Waals surface area contributed by atoms with Gasteiger partial charge < -0.3 is 5.11 Å². The smallest absolute Gasteiger partial charge is 0.0920 e. The van der Waals surface area contributed by atoms with Crippen LogP contribution in [0.4, 0.5) is 0 Å². The molecule has 0 unspecified atom stereocenters. The Morgan fingerprint density at radius 3 is 2.77 bits per heavy atom. The molecule has 22 heavy (non-hydrogen) atoms. The van der Waals surface area contributed by atoms with Crippen LogP contribution in [0, 0.1) is 35.0 Å². The highest BCUT2D eigenvalue weighted by Crippen LogP contribution is 2.62. The SMILES string of the molecule is C=CCC1=C(O)C[C@@H]2CC[C@@H]3[C@H](CC[C@]4(C)CCC[C@@H]34)[C@H]2C1. The molecule has 122 valence electrons. The number of aliphatic hydroxyl groups excluding tert-OH is 1. The number of hydrogen-bond acceptors (Lipinski definition) is 1. The standard InChI is InChI=1S/C21H32O/c1-3-5-15-12-18-14(13-20(15)22)7-8-17-16(18)9-11-21(2)10-4-6-19(17)21/h3,14,16-19,22H,1,4-13H2,2H3/t14-,16-,17+,18-,19-,21-/m0/s1. The van der Waals surface area contributed by atoms with Crippen molar-refractivity contribution in [3.63, 3.8) is 0 Å². The summed E-state index contributed by atoms with van der Waals surface area (Å²) in [6.45, 7) is 6.47. The molecule has 0 aromatic carbocycles. The van der Waals surface area contributed by atoms with Gasteiger partial charge >= 0.3 is 0 Å². The van der Waals surface area contributed by atoms with Gasteiger partial charge in [0.2, 0.25) is 0 Å². The molecule has 1 heteroatoms. The molecule has 1 nitrogen and oxygen atoms in total. The number of fused-ring (bicyclic) bond motifs is 5. The fraction of sp³-hybridized carbons (Fsp3) is 0.810. The van der Waals surface area contributed by atoms with Crippen LogP contribution >= 0.6 is 0 Å². The maximum absolute atomic E-state index is 10.4. The van der Waals surface area contributed by atoms with E-state index in [-0.39, 0.29) is 0 Å². The fourth-order valence-corrected chi connectivity index (χ4v) is 6.97. The van der Waals surface area contributed by atoms with Crippen LogP contribution in [0.5, 0.6) is 0 Å². The van der Waals surface area contributed by atoms with Crippen molar-refractivity contribution < 1.29 is 5.11 Å². The van der Waals surface area contributed by atoms with Crippen LogP contribution in [0.1, 0.15) is 71.1 Å². The van der Waals surface area contributed by atoms with Gasteiger partial charge in [-0.15, -0.1) is 6.58 Å². The Hall–Kier alpha value is -0.720. The molecular weight excluding hydrogens is 268 g/mol. The number of hydrogen-bond donors (Lipinski definition) is 1. The van der Waals surface area contributed by atoms with Crippen LogP contribution in [0.2, 0.25) is 0 Å². The molecule has 0 aromatic heterocycles. The van der Waals surface area contributed by atoms with E-state index >= 15 is 0 Å². The molecule has 0 aromatic rings. The number of aliphatic hydroxyl groups is 1. The third kappa shape index (κ3) is 2.19. The summed E-state index contributed by atoms with van der Waals surface area (Å²) < 4.78 is 0. The largest absolute Gasteiger partial charge is 0.512 e. The first-order valence-electron chi connectivity index (χ1n) is 9.63. The van der Waals surface area contributed by atoms with Gasteiger partial charge in [-0.1, -0.05) is 19.4 Å². The Morgan fingerprint density at radius 2 is 1.95 bits per heavy atom. The van der Waals surface area contributed by atoms with E-state index in [0.29, 0.717) is 11.2 Å². The predicted octanol–water partition coefficient (Wildman–Crippen LogP) is 6.03. The maximum atomic E-state index is 10.4. The highest BCUT2D eigenvalue weighted by atomic mass is 16.3. The van der Waals surface area contributed by atoms with E-state index in [4.69, 9.17) is 0 Å². The Balaban J connectivity index is 1.58. The third-order valence-corrected chi connectivity index (χ3v) is 8.04. The van der Waals surface area contributed by atoms with Gasteiger partial charge in [-0.2, -0.15) is 0 Å². The lowest BCUT2D eigenvalue weighted by atomic mass is 9.51. The van der Waals surface area contributed by atoms with Crippen molar-refractivity contribution in [2.24, 2.45) is 35.0 Å². The molecule has 6 atom stereocenters. The average Bonchev–Trinajstić information content (AvgIpc) is 2.90. The molecular formula is C21H32O. The van der Waals surface area contributed by atoms with Crippen molar-refractivity contribution in [3.05, 3.63) is 24.0 Å². The molecule has 4 aliphatic rings. The highest BCUT2D eigenvalue weighted by molar-refractivity contribution is 5.18. The second-order valence-electron chi connectivity index (χ2n) is 8.97. The first kappa shape index (κ1) is 14.8. The van der Waals surface area contributed by atoms with Crippen molar-refractivity contribution in [2.75, 3.05) is 0 Å². The van der Waals surface area contributed by atoms with Gasteiger partial charge in [0.1, 0.15) is 0 Å². The van der Waals surface area contributed by atoms with Crippen LogP contribution in [-0.2, 0) is 0 Å². The quantitative estimate of drug-likeness (QED) is 0.617. The van der Waals surface area contributed by atoms with Crippen LogP contribution in [0.25, 0.3) is 0 Å². The normalized spacial score (nSPS) is 47.6. The minimum absolute atomic E-state index is 0.671. The number of allylic oxidation sites excluding steroid dienone is 3. The zero-order chi connectivity index (χ0) is 15.3. The molecule has 0 spiro atoms. The summed E-state index contributed by atoms with van der Waals surface area (Å²) in [6.07, 6.45) is 15.2. The fourth-order valence-electron chi connectivity index (χ4n) is 6.97. The van der Waals surface area contributed by atoms with Gasteiger partial charge in [-0.05, 0) is 91.9 Å². The minimum atomic E-state index is 0.671. The Labute approximate surface area is 135 Å². The lowest BCUT2D eigenvalue weighted by molar-refractivity contribution is -0.0423. The summed E-state index contributed by atoms with van der Waals surface area (Å²) in [7, 11) is 0. The first-order chi connectivity index (χ1) is 10.6. The minimum Gasteiger partial charge on any atom is -0.512 e. The Kier molecular flexibility index (Phi) is 3.66. The van der Waals surface area contributed by atoms with E-state index in [1.165, 1.54) is 50.5 Å². The van der Waals surface area contributed by atoms with E-state index < -0.39 is 0 Å². The van der Waals surface area contributed by atoms with Gasteiger partial charge in [0.05, 0.1) is 5.76 Å². The molecule has 4 aliphatic carbocycles. The molecule has 1 N–H and O–H groups in total. The second-order valence-corrected chi connectivity index (χ2v) is 8.97. The van der Waals surface area contributed by atoms with E-state index in [9.17, 15) is 5.11 Å². The topological polar surface area (TPSA) is 20.2 Å². The maximum Gasteiger partial charge on any atom is 0.0920 e. The van der Waals surface area contributed by atoms with Gasteiger partial charge in [-0.3, -0.25) is 0 Å². The summed E-state index contributed by atoms with van der Waals surface area (Å²) in [6, 6.07) is 0. The average molecular weight is 300 g/mol. The van der Waals surface area contributed by atoms with Crippen LogP contribution in [-0.4, -0.2) is 5.11 Å². The summed E-state index contributed by atoms with van der Waals surface area (Å²) in [5.41, 5.74) is 1.97. The van der Waals surface area contributed by atoms with E-state index in [2.05, 4.69) is 13.5 Å². The summed E-state index contributed by atoms with van der Waals surface area (Å²) in [5, 5.41) is 10.4. The van der Waals surface area contributed by atoms with Gasteiger partial charge in [-0.25, -0.2) is 0 Å². The van der Waals surface area contributed by atoms with E-state index in [1.54, 1.807) is 0 Å². The van der Waals surface area contributed by atoms with Crippen molar-refractivity contribution in [1.82, 2.24) is 0 Å². The first-order valence-corrected chi connectivity index (χ1v) is 9.63. The molecule has 0 bridgehead atoms. The molecule has 0 aliphatic heterocycles. The third-order valence-electron chi connectivity index (χ3n) is 8.04. The van der Waals surface area contributed by atoms with Crippen LogP contribution in [0.3, 0.4) is 0 Å². The molecule has 0 heterocycles. The monoisotopic (exact) mass is 300 g/mol. The van der Waals surface area contributed by atoms with E-state index in [0.717, 1.165) is 48.9 Å². The van der Waals surface area contributed by atoms with Gasteiger partial charge in [0.25, 0.3) is 0 Å². The summed E-state index contributed by atoms with van der Waals surface area (Å²) in [5.74, 6) is 5.28. The van der Waals surface area contributed by atoms with Crippen molar-refractivity contribution in [3.8, 4) is 0 Å². The zero-order valence-corrected chi connectivity index (χ0v) is 14.2. The highest BCUT2D eigenvalue weighted by Gasteiger charge is 2.53. The summed E-state index contributed by atoms with van der Waals surface area (Å²) in [4.78, 5) is 0. The van der Waals surface area contributed by atoms with Crippen LogP contribution in [0.15, 0.2) is 24.0 Å². The van der Waals surface area contributed by atoms with E-state index in [1.807, 2.05) is 6.08 Å². The number of rotatable bonds is 2. The summed E-state index contributed by atoms with van der Waals surface area (Å²) >= 11 is 0. The molecule has 3 saturated carbocycles. The van der Waals surface area contributed by atoms with Gasteiger partial charge in [0, 0.05) is 6.42 Å². The lowest BCUT2D eigenvalue weighted by Gasteiger charge is -2.54. The Bertz CT molecular complexity index is 490. The van der Waals surface area contributed by atoms with Crippen molar-refractivity contribution in [1.29, 1.82) is 0 Å². The predicted molar refractivity (Wildman–Crippen MR) is 91.6 cm³/mol. The molecule has 3 fully saturated rings.